The number of nitrogens with one attached hydrogen (secondary N) is 1. The molecule has 1 aliphatic heterocycles. The van der Waals surface area contributed by atoms with E-state index >= 15 is 0 Å². The third kappa shape index (κ3) is 9.27. The smallest absolute Gasteiger partial charge is 0.271 e. The van der Waals surface area contributed by atoms with Gasteiger partial charge in [-0.05, 0) is 87.0 Å². The number of fused-ring (bicyclic) bond motifs is 1. The van der Waals surface area contributed by atoms with Crippen molar-refractivity contribution in [3.8, 4) is 11.5 Å². The molecule has 0 saturated carbocycles. The highest BCUT2D eigenvalue weighted by Crippen LogP contribution is 2.30. The van der Waals surface area contributed by atoms with Crippen molar-refractivity contribution in [3.63, 3.8) is 0 Å². The SMILES string of the molecule is COc1ccc(S(=O)(=O)N(C)C[C@@H]2OCCCC[C@H](C)Oc3ccc(NS(=O)(=O)c4cccs4)cc3C(=O)N([C@H](C)CO)C[C@@H]2C)cc1. The van der Waals surface area contributed by atoms with Crippen molar-refractivity contribution in [1.29, 1.82) is 0 Å². The van der Waals surface area contributed by atoms with E-state index in [1.54, 1.807) is 42.6 Å². The second-order valence-corrected chi connectivity index (χ2v) is 16.9. The Morgan fingerprint density at radius 3 is 2.48 bits per heavy atom. The molecule has 0 bridgehead atoms. The number of ether oxygens (including phenoxy) is 3. The van der Waals surface area contributed by atoms with Crippen LogP contribution in [0.5, 0.6) is 11.5 Å². The van der Waals surface area contributed by atoms with Gasteiger partial charge in [0, 0.05) is 38.3 Å². The molecule has 0 saturated heterocycles. The van der Waals surface area contributed by atoms with Crippen LogP contribution in [0, 0.1) is 5.92 Å². The van der Waals surface area contributed by atoms with E-state index in [9.17, 15) is 26.7 Å². The van der Waals surface area contributed by atoms with Crippen molar-refractivity contribution in [3.05, 3.63) is 65.5 Å². The second kappa shape index (κ2) is 16.5. The quantitative estimate of drug-likeness (QED) is 0.304. The number of carbonyl (C=O) groups is 1. The Kier molecular flexibility index (Phi) is 12.9. The van der Waals surface area contributed by atoms with Gasteiger partial charge in [0.25, 0.3) is 15.9 Å². The van der Waals surface area contributed by atoms with Crippen LogP contribution < -0.4 is 14.2 Å². The van der Waals surface area contributed by atoms with Gasteiger partial charge in [-0.25, -0.2) is 16.8 Å². The van der Waals surface area contributed by atoms with Crippen LogP contribution >= 0.6 is 11.3 Å². The zero-order chi connectivity index (χ0) is 35.1. The molecule has 0 aliphatic carbocycles. The van der Waals surface area contributed by atoms with Gasteiger partial charge in [-0.3, -0.25) is 9.52 Å². The maximum atomic E-state index is 14.3. The third-order valence-corrected chi connectivity index (χ3v) is 12.9. The lowest BCUT2D eigenvalue weighted by atomic mass is 10.0. The van der Waals surface area contributed by atoms with Crippen LogP contribution in [0.1, 0.15) is 50.4 Å². The minimum atomic E-state index is -3.89. The number of methoxy groups -OCH3 is 1. The molecule has 1 aromatic heterocycles. The van der Waals surface area contributed by atoms with E-state index < -0.39 is 38.1 Å². The number of benzene rings is 2. The lowest BCUT2D eigenvalue weighted by molar-refractivity contribution is -0.00833. The van der Waals surface area contributed by atoms with Gasteiger partial charge in [0.15, 0.2) is 0 Å². The van der Waals surface area contributed by atoms with E-state index in [0.717, 1.165) is 17.8 Å². The van der Waals surface area contributed by atoms with Gasteiger partial charge in [-0.1, -0.05) is 13.0 Å². The summed E-state index contributed by atoms with van der Waals surface area (Å²) in [5.74, 6) is -0.0128. The number of aliphatic hydroxyl groups excluding tert-OH is 1. The Bertz CT molecular complexity index is 1720. The molecule has 1 aliphatic rings. The van der Waals surface area contributed by atoms with Crippen LogP contribution in [-0.4, -0.2) is 95.8 Å². The standard InChI is InChI=1S/C33H45N3O9S3/c1-23-20-36(24(2)22-37)33(38)29-19-26(34-47(39,40)32-10-8-18-46-32)11-16-30(29)45-25(3)9-6-7-17-44-31(23)21-35(4)48(41,42)28-14-12-27(43-5)13-15-28/h8,10-16,18-19,23-25,31,34,37H,6-7,9,17,20-22H2,1-5H3/t23-,24+,25-,31-/m0/s1. The number of aliphatic hydroxyl groups is 1. The molecule has 2 aromatic carbocycles. The van der Waals surface area contributed by atoms with Gasteiger partial charge >= 0.3 is 0 Å². The number of nitrogens with zero attached hydrogens (tertiary/aromatic N) is 2. The molecule has 0 fully saturated rings. The highest BCUT2D eigenvalue weighted by molar-refractivity contribution is 7.94. The molecule has 0 spiro atoms. The third-order valence-electron chi connectivity index (χ3n) is 8.27. The van der Waals surface area contributed by atoms with E-state index in [0.29, 0.717) is 30.9 Å². The van der Waals surface area contributed by atoms with E-state index in [4.69, 9.17) is 14.2 Å². The summed E-state index contributed by atoms with van der Waals surface area (Å²) >= 11 is 1.08. The van der Waals surface area contributed by atoms with Gasteiger partial charge in [0.05, 0.1) is 42.4 Å². The minimum Gasteiger partial charge on any atom is -0.497 e. The summed E-state index contributed by atoms with van der Waals surface area (Å²) < 4.78 is 74.6. The molecule has 3 aromatic rings. The average Bonchev–Trinajstić information content (AvgIpc) is 3.62. The van der Waals surface area contributed by atoms with Crippen LogP contribution in [0.4, 0.5) is 5.69 Å². The molecule has 48 heavy (non-hydrogen) atoms. The topological polar surface area (TPSA) is 152 Å². The number of sulfonamides is 2. The fourth-order valence-electron chi connectivity index (χ4n) is 5.35. The van der Waals surface area contributed by atoms with Gasteiger partial charge < -0.3 is 24.2 Å². The number of thiophene rings is 1. The first kappa shape index (κ1) is 37.6. The highest BCUT2D eigenvalue weighted by atomic mass is 32.2. The summed E-state index contributed by atoms with van der Waals surface area (Å²) in [5, 5.41) is 11.9. The highest BCUT2D eigenvalue weighted by Gasteiger charge is 2.32. The van der Waals surface area contributed by atoms with Crippen LogP contribution in [0.25, 0.3) is 0 Å². The fraction of sp³-hybridized carbons (Fsp3) is 0.485. The molecule has 4 atom stereocenters. The molecule has 2 N–H and O–H groups in total. The zero-order valence-corrected chi connectivity index (χ0v) is 30.3. The number of likely N-dealkylation sites (N-methyl/N-ethyl adjacent to an activating group) is 1. The normalized spacial score (nSPS) is 20.8. The largest absolute Gasteiger partial charge is 0.497 e. The van der Waals surface area contributed by atoms with E-state index in [-0.39, 0.29) is 52.1 Å². The first-order valence-corrected chi connectivity index (χ1v) is 19.6. The lowest BCUT2D eigenvalue weighted by Gasteiger charge is -2.35. The molecular weight excluding hydrogens is 679 g/mol. The van der Waals surface area contributed by atoms with Gasteiger partial charge in [-0.2, -0.15) is 4.31 Å². The van der Waals surface area contributed by atoms with Crippen LogP contribution in [0.3, 0.4) is 0 Å². The summed E-state index contributed by atoms with van der Waals surface area (Å²) in [6.07, 6.45) is 1.26. The van der Waals surface area contributed by atoms with Crippen LogP contribution in [0.2, 0.25) is 0 Å². The molecule has 1 amide bonds. The first-order valence-electron chi connectivity index (χ1n) is 15.8. The number of hydrogen-bond acceptors (Lipinski definition) is 10. The molecule has 264 valence electrons. The molecule has 2 heterocycles. The summed E-state index contributed by atoms with van der Waals surface area (Å²) in [5.41, 5.74) is 0.318. The molecule has 12 nitrogen and oxygen atoms in total. The van der Waals surface area contributed by atoms with Crippen molar-refractivity contribution in [2.24, 2.45) is 5.92 Å². The van der Waals surface area contributed by atoms with Crippen molar-refractivity contribution in [2.45, 2.75) is 67.4 Å². The Morgan fingerprint density at radius 2 is 1.83 bits per heavy atom. The maximum absolute atomic E-state index is 14.3. The van der Waals surface area contributed by atoms with Gasteiger partial charge in [0.2, 0.25) is 10.0 Å². The van der Waals surface area contributed by atoms with Crippen molar-refractivity contribution >= 4 is 43.0 Å². The molecule has 4 rings (SSSR count). The second-order valence-electron chi connectivity index (χ2n) is 12.0. The summed E-state index contributed by atoms with van der Waals surface area (Å²) in [6, 6.07) is 13.2. The van der Waals surface area contributed by atoms with Gasteiger partial charge in [-0.15, -0.1) is 11.3 Å². The maximum Gasteiger partial charge on any atom is 0.271 e. The molecule has 0 radical (unpaired) electrons. The zero-order valence-electron chi connectivity index (χ0n) is 27.9. The number of anilines is 1. The van der Waals surface area contributed by atoms with Crippen molar-refractivity contribution in [1.82, 2.24) is 9.21 Å². The van der Waals surface area contributed by atoms with E-state index in [1.807, 2.05) is 13.8 Å². The Balaban J connectivity index is 1.66. The Morgan fingerprint density at radius 1 is 1.10 bits per heavy atom. The van der Waals surface area contributed by atoms with E-state index in [2.05, 4.69) is 4.72 Å². The Hall–Kier alpha value is -3.21. The number of rotatable bonds is 10. The number of amides is 1. The molecule has 0 unspecified atom stereocenters. The fourth-order valence-corrected chi connectivity index (χ4v) is 8.58. The summed E-state index contributed by atoms with van der Waals surface area (Å²) in [4.78, 5) is 15.9. The summed E-state index contributed by atoms with van der Waals surface area (Å²) in [6.45, 7) is 5.65. The predicted octanol–water partition coefficient (Wildman–Crippen LogP) is 4.67. The van der Waals surface area contributed by atoms with Crippen LogP contribution in [0.15, 0.2) is 69.1 Å². The lowest BCUT2D eigenvalue weighted by Crippen LogP contribution is -2.48. The molecular formula is C33H45N3O9S3. The predicted molar refractivity (Wildman–Crippen MR) is 185 cm³/mol. The van der Waals surface area contributed by atoms with Crippen molar-refractivity contribution in [2.75, 3.05) is 45.2 Å². The first-order chi connectivity index (χ1) is 22.8. The Labute approximate surface area is 287 Å². The van der Waals surface area contributed by atoms with Gasteiger partial charge in [0.1, 0.15) is 15.7 Å². The summed E-state index contributed by atoms with van der Waals surface area (Å²) in [7, 11) is -4.76. The number of hydrogen-bond donors (Lipinski definition) is 2. The minimum absolute atomic E-state index is 0.0236. The van der Waals surface area contributed by atoms with Crippen LogP contribution in [-0.2, 0) is 24.8 Å². The molecule has 15 heteroatoms. The number of carbonyl (C=O) groups excluding carboxylic acids is 1. The average molecular weight is 724 g/mol. The van der Waals surface area contributed by atoms with E-state index in [1.165, 1.54) is 47.6 Å². The monoisotopic (exact) mass is 723 g/mol. The van der Waals surface area contributed by atoms with Crippen molar-refractivity contribution < 1.29 is 40.9 Å².